The van der Waals surface area contributed by atoms with Crippen molar-refractivity contribution in [1.29, 1.82) is 5.26 Å². The molecule has 2 saturated carbocycles. The van der Waals surface area contributed by atoms with E-state index in [1.54, 1.807) is 7.11 Å². The predicted octanol–water partition coefficient (Wildman–Crippen LogP) is 5.55. The third-order valence-corrected chi connectivity index (χ3v) is 6.85. The zero-order valence-electron chi connectivity index (χ0n) is 18.5. The Hall–Kier alpha value is -3.33. The molecule has 2 aliphatic carbocycles. The summed E-state index contributed by atoms with van der Waals surface area (Å²) in [5.41, 5.74) is 4.20. The van der Waals surface area contributed by atoms with Crippen molar-refractivity contribution in [3.05, 3.63) is 60.0 Å². The van der Waals surface area contributed by atoms with Gasteiger partial charge in [-0.1, -0.05) is 6.07 Å². The number of hydrogen-bond donors (Lipinski definition) is 1. The molecule has 0 spiro atoms. The van der Waals surface area contributed by atoms with Crippen molar-refractivity contribution < 1.29 is 4.74 Å². The van der Waals surface area contributed by atoms with Crippen molar-refractivity contribution in [3.8, 4) is 22.9 Å². The zero-order valence-corrected chi connectivity index (χ0v) is 18.5. The first kappa shape index (κ1) is 20.6. The van der Waals surface area contributed by atoms with Crippen LogP contribution in [0.2, 0.25) is 0 Å². The standard InChI is InChI=1S/C26H29N5O/c1-32-25-9-6-20(12-22(25)14-27)19-4-2-18(3-5-19)15-29-26-13-21(10-11-28-26)23-16-30-31(17-23)24-7-8-24/h6,9-13,16-19,24H,2-5,7-8,15H2,1H3,(H,28,29). The Bertz CT molecular complexity index is 1120. The summed E-state index contributed by atoms with van der Waals surface area (Å²) in [6.45, 7) is 0.941. The van der Waals surface area contributed by atoms with Crippen molar-refractivity contribution >= 4 is 5.82 Å². The molecule has 164 valence electrons. The van der Waals surface area contributed by atoms with Gasteiger partial charge in [-0.3, -0.25) is 4.68 Å². The van der Waals surface area contributed by atoms with Gasteiger partial charge in [0.1, 0.15) is 17.6 Å². The molecule has 5 rings (SSSR count). The van der Waals surface area contributed by atoms with Crippen molar-refractivity contribution in [1.82, 2.24) is 14.8 Å². The van der Waals surface area contributed by atoms with Crippen LogP contribution in [0.1, 0.15) is 61.6 Å². The molecule has 0 atom stereocenters. The van der Waals surface area contributed by atoms with Crippen LogP contribution in [-0.4, -0.2) is 28.4 Å². The second-order valence-corrected chi connectivity index (χ2v) is 9.04. The van der Waals surface area contributed by atoms with Gasteiger partial charge in [0.25, 0.3) is 0 Å². The number of nitrogens with one attached hydrogen (secondary N) is 1. The molecule has 0 amide bonds. The van der Waals surface area contributed by atoms with E-state index in [4.69, 9.17) is 4.74 Å². The second-order valence-electron chi connectivity index (χ2n) is 9.04. The first-order valence-corrected chi connectivity index (χ1v) is 11.6. The van der Waals surface area contributed by atoms with Crippen LogP contribution >= 0.6 is 0 Å². The number of aromatic nitrogens is 3. The summed E-state index contributed by atoms with van der Waals surface area (Å²) in [4.78, 5) is 4.52. The summed E-state index contributed by atoms with van der Waals surface area (Å²) >= 11 is 0. The van der Waals surface area contributed by atoms with Gasteiger partial charge in [-0.15, -0.1) is 0 Å². The Balaban J connectivity index is 1.15. The lowest BCUT2D eigenvalue weighted by atomic mass is 9.78. The van der Waals surface area contributed by atoms with Gasteiger partial charge >= 0.3 is 0 Å². The van der Waals surface area contributed by atoms with Crippen LogP contribution in [0.5, 0.6) is 5.75 Å². The molecule has 6 nitrogen and oxygen atoms in total. The van der Waals surface area contributed by atoms with Crippen molar-refractivity contribution in [2.24, 2.45) is 5.92 Å². The quantitative estimate of drug-likeness (QED) is 0.535. The van der Waals surface area contributed by atoms with Crippen LogP contribution in [0.4, 0.5) is 5.82 Å². The summed E-state index contributed by atoms with van der Waals surface area (Å²) < 4.78 is 7.37. The third kappa shape index (κ3) is 4.47. The Morgan fingerprint density at radius 2 is 1.94 bits per heavy atom. The van der Waals surface area contributed by atoms with E-state index in [-0.39, 0.29) is 0 Å². The summed E-state index contributed by atoms with van der Waals surface area (Å²) in [7, 11) is 1.61. The molecular formula is C26H29N5O. The fourth-order valence-electron chi connectivity index (χ4n) is 4.75. The molecule has 0 radical (unpaired) electrons. The first-order valence-electron chi connectivity index (χ1n) is 11.6. The van der Waals surface area contributed by atoms with Gasteiger partial charge in [-0.05, 0) is 85.8 Å². The Kier molecular flexibility index (Phi) is 5.81. The van der Waals surface area contributed by atoms with Crippen LogP contribution in [0, 0.1) is 17.2 Å². The molecule has 2 aromatic heterocycles. The van der Waals surface area contributed by atoms with E-state index in [0.717, 1.165) is 36.3 Å². The number of methoxy groups -OCH3 is 1. The monoisotopic (exact) mass is 427 g/mol. The molecule has 1 aromatic carbocycles. The number of benzene rings is 1. The fourth-order valence-corrected chi connectivity index (χ4v) is 4.75. The Morgan fingerprint density at radius 1 is 1.09 bits per heavy atom. The van der Waals surface area contributed by atoms with Crippen LogP contribution in [0.15, 0.2) is 48.9 Å². The average Bonchev–Trinajstić information content (AvgIpc) is 3.59. The highest BCUT2D eigenvalue weighted by atomic mass is 16.5. The topological polar surface area (TPSA) is 75.8 Å². The number of rotatable bonds is 7. The second kappa shape index (κ2) is 9.04. The Labute approximate surface area is 189 Å². The number of pyridine rings is 1. The normalized spacial score (nSPS) is 20.5. The van der Waals surface area contributed by atoms with Crippen LogP contribution in [-0.2, 0) is 0 Å². The largest absolute Gasteiger partial charge is 0.495 e. The number of hydrogen-bond acceptors (Lipinski definition) is 5. The highest BCUT2D eigenvalue weighted by Crippen LogP contribution is 2.37. The number of anilines is 1. The van der Waals surface area contributed by atoms with Gasteiger partial charge in [0, 0.05) is 24.5 Å². The van der Waals surface area contributed by atoms with Gasteiger partial charge in [-0.2, -0.15) is 10.4 Å². The van der Waals surface area contributed by atoms with E-state index in [9.17, 15) is 5.26 Å². The zero-order chi connectivity index (χ0) is 21.9. The first-order chi connectivity index (χ1) is 15.7. The lowest BCUT2D eigenvalue weighted by molar-refractivity contribution is 0.338. The van der Waals surface area contributed by atoms with Crippen molar-refractivity contribution in [2.45, 2.75) is 50.5 Å². The lowest BCUT2D eigenvalue weighted by Crippen LogP contribution is -2.21. The molecule has 32 heavy (non-hydrogen) atoms. The molecule has 1 N–H and O–H groups in total. The highest BCUT2D eigenvalue weighted by Gasteiger charge is 2.25. The fraction of sp³-hybridized carbons (Fsp3) is 0.423. The Morgan fingerprint density at radius 3 is 2.69 bits per heavy atom. The lowest BCUT2D eigenvalue weighted by Gasteiger charge is -2.29. The number of nitrogens with zero attached hydrogens (tertiary/aromatic N) is 4. The summed E-state index contributed by atoms with van der Waals surface area (Å²) in [5, 5.41) is 17.4. The predicted molar refractivity (Wildman–Crippen MR) is 125 cm³/mol. The third-order valence-electron chi connectivity index (χ3n) is 6.85. The smallest absolute Gasteiger partial charge is 0.136 e. The van der Waals surface area contributed by atoms with E-state index in [2.05, 4.69) is 50.5 Å². The number of nitriles is 1. The van der Waals surface area contributed by atoms with E-state index in [0.29, 0.717) is 29.2 Å². The maximum Gasteiger partial charge on any atom is 0.136 e. The summed E-state index contributed by atoms with van der Waals surface area (Å²) in [5.74, 6) is 2.75. The van der Waals surface area contributed by atoms with E-state index >= 15 is 0 Å². The molecule has 6 heteroatoms. The van der Waals surface area contributed by atoms with Gasteiger partial charge in [-0.25, -0.2) is 4.98 Å². The molecule has 2 fully saturated rings. The summed E-state index contributed by atoms with van der Waals surface area (Å²) in [6.07, 6.45) is 13.1. The van der Waals surface area contributed by atoms with E-state index in [1.165, 1.54) is 31.2 Å². The number of ether oxygens (including phenoxy) is 1. The molecule has 2 heterocycles. The minimum atomic E-state index is 0.522. The van der Waals surface area contributed by atoms with Gasteiger partial charge in [0.15, 0.2) is 0 Å². The SMILES string of the molecule is COc1ccc(C2CCC(CNc3cc(-c4cnn(C5CC5)c4)ccn3)CC2)cc1C#N. The maximum absolute atomic E-state index is 9.36. The minimum absolute atomic E-state index is 0.522. The summed E-state index contributed by atoms with van der Waals surface area (Å²) in [6, 6.07) is 13.1. The van der Waals surface area contributed by atoms with Gasteiger partial charge in [0.05, 0.1) is 24.9 Å². The molecule has 0 bridgehead atoms. The van der Waals surface area contributed by atoms with E-state index in [1.807, 2.05) is 24.5 Å². The molecule has 2 aliphatic rings. The van der Waals surface area contributed by atoms with Gasteiger partial charge in [0.2, 0.25) is 0 Å². The maximum atomic E-state index is 9.36. The van der Waals surface area contributed by atoms with Crippen molar-refractivity contribution in [3.63, 3.8) is 0 Å². The molecule has 0 aliphatic heterocycles. The van der Waals surface area contributed by atoms with Crippen molar-refractivity contribution in [2.75, 3.05) is 19.0 Å². The van der Waals surface area contributed by atoms with Gasteiger partial charge < -0.3 is 10.1 Å². The molecule has 0 saturated heterocycles. The van der Waals surface area contributed by atoms with E-state index < -0.39 is 0 Å². The highest BCUT2D eigenvalue weighted by molar-refractivity contribution is 5.64. The van der Waals surface area contributed by atoms with Crippen LogP contribution in [0.3, 0.4) is 0 Å². The van der Waals surface area contributed by atoms with Crippen LogP contribution < -0.4 is 10.1 Å². The van der Waals surface area contributed by atoms with Crippen LogP contribution in [0.25, 0.3) is 11.1 Å². The molecule has 0 unspecified atom stereocenters. The molecule has 3 aromatic rings. The molecular weight excluding hydrogens is 398 g/mol. The minimum Gasteiger partial charge on any atom is -0.495 e. The average molecular weight is 428 g/mol.